The molecule has 1 N–H and O–H groups in total. The maximum atomic E-state index is 11.4. The van der Waals surface area contributed by atoms with E-state index >= 15 is 0 Å². The number of nitrogens with zero attached hydrogens (tertiary/aromatic N) is 1. The number of rotatable bonds is 3. The van der Waals surface area contributed by atoms with Gasteiger partial charge in [0.2, 0.25) is 0 Å². The van der Waals surface area contributed by atoms with E-state index < -0.39 is 5.63 Å². The zero-order valence-electron chi connectivity index (χ0n) is 10.9. The van der Waals surface area contributed by atoms with E-state index in [2.05, 4.69) is 4.98 Å². The van der Waals surface area contributed by atoms with E-state index in [1.165, 1.54) is 6.07 Å². The Bertz CT molecular complexity index is 871. The van der Waals surface area contributed by atoms with Crippen LogP contribution in [-0.4, -0.2) is 10.1 Å². The van der Waals surface area contributed by atoms with E-state index in [0.717, 1.165) is 22.3 Å². The number of hydrogen-bond donors (Lipinski definition) is 1. The topological polar surface area (TPSA) is 72.6 Å². The third-order valence-electron chi connectivity index (χ3n) is 2.90. The third-order valence-corrected chi connectivity index (χ3v) is 4.24. The van der Waals surface area contributed by atoms with Crippen LogP contribution in [0.15, 0.2) is 33.5 Å². The molecule has 7 heteroatoms. The molecule has 1 aromatic carbocycles. The van der Waals surface area contributed by atoms with Gasteiger partial charge in [-0.25, -0.2) is 4.79 Å². The second-order valence-corrected chi connectivity index (χ2v) is 5.76. The summed E-state index contributed by atoms with van der Waals surface area (Å²) in [5.74, 6) is 0.478. The molecule has 21 heavy (non-hydrogen) atoms. The minimum absolute atomic E-state index is 0.189. The molecule has 0 saturated carbocycles. The molecule has 0 unspecified atom stereocenters. The fourth-order valence-electron chi connectivity index (χ4n) is 1.92. The largest absolute Gasteiger partial charge is 0.431 e. The van der Waals surface area contributed by atoms with Crippen LogP contribution in [0.25, 0.3) is 11.0 Å². The summed E-state index contributed by atoms with van der Waals surface area (Å²) in [5.41, 5.74) is 0.882. The molecule has 0 atom stereocenters. The predicted molar refractivity (Wildman–Crippen MR) is 80.3 cm³/mol. The minimum Gasteiger partial charge on any atom is -0.431 e. The zero-order valence-corrected chi connectivity index (χ0v) is 12.5. The molecule has 0 aliphatic heterocycles. The molecule has 0 fully saturated rings. The van der Waals surface area contributed by atoms with E-state index in [-0.39, 0.29) is 11.8 Å². The molecule has 0 spiro atoms. The number of aryl methyl sites for hydroxylation is 1. The highest BCUT2D eigenvalue weighted by atomic mass is 35.5. The molecule has 3 aromatic rings. The number of fused-ring (bicyclic) bond motifs is 1. The van der Waals surface area contributed by atoms with Crippen LogP contribution in [0.5, 0.6) is 10.9 Å². The average molecular weight is 324 g/mol. The number of aromatic nitrogens is 1. The first-order valence-corrected chi connectivity index (χ1v) is 7.24. The highest BCUT2D eigenvalue weighted by molar-refractivity contribution is 7.13. The molecule has 3 rings (SSSR count). The van der Waals surface area contributed by atoms with Crippen molar-refractivity contribution in [2.24, 2.45) is 0 Å². The molecular weight excluding hydrogens is 314 g/mol. The lowest BCUT2D eigenvalue weighted by Crippen LogP contribution is -1.97. The van der Waals surface area contributed by atoms with Gasteiger partial charge in [0.25, 0.3) is 5.19 Å². The SMILES string of the molecule is Cc1cc(=O)oc2cc(Oc3nc(Cl)c(CO)s3)ccc12. The monoisotopic (exact) mass is 323 g/mol. The molecule has 2 aromatic heterocycles. The molecule has 0 aliphatic rings. The van der Waals surface area contributed by atoms with Crippen LogP contribution in [0.1, 0.15) is 10.4 Å². The zero-order chi connectivity index (χ0) is 15.0. The molecule has 0 radical (unpaired) electrons. The first-order valence-electron chi connectivity index (χ1n) is 6.05. The van der Waals surface area contributed by atoms with Gasteiger partial charge in [0.15, 0.2) is 0 Å². The molecular formula is C14H10ClNO4S. The highest BCUT2D eigenvalue weighted by Gasteiger charge is 2.11. The summed E-state index contributed by atoms with van der Waals surface area (Å²) in [7, 11) is 0. The number of ether oxygens (including phenoxy) is 1. The number of aliphatic hydroxyl groups is 1. The van der Waals surface area contributed by atoms with Crippen molar-refractivity contribution < 1.29 is 14.3 Å². The summed E-state index contributed by atoms with van der Waals surface area (Å²) < 4.78 is 10.7. The summed E-state index contributed by atoms with van der Waals surface area (Å²) >= 11 is 7.01. The molecule has 0 saturated heterocycles. The van der Waals surface area contributed by atoms with Gasteiger partial charge in [0.05, 0.1) is 11.5 Å². The first kappa shape index (κ1) is 14.1. The fraction of sp³-hybridized carbons (Fsp3) is 0.143. The van der Waals surface area contributed by atoms with Crippen LogP contribution in [0.4, 0.5) is 0 Å². The minimum atomic E-state index is -0.406. The van der Waals surface area contributed by atoms with E-state index in [9.17, 15) is 4.79 Å². The lowest BCUT2D eigenvalue weighted by atomic mass is 10.1. The molecule has 0 bridgehead atoms. The number of aliphatic hydroxyl groups excluding tert-OH is 1. The lowest BCUT2D eigenvalue weighted by molar-refractivity contribution is 0.285. The van der Waals surface area contributed by atoms with Gasteiger partial charge in [0, 0.05) is 17.5 Å². The Labute approximate surface area is 128 Å². The predicted octanol–water partition coefficient (Wildman–Crippen LogP) is 3.50. The Morgan fingerprint density at radius 3 is 2.95 bits per heavy atom. The van der Waals surface area contributed by atoms with Crippen molar-refractivity contribution in [2.75, 3.05) is 0 Å². The summed E-state index contributed by atoms with van der Waals surface area (Å²) in [6, 6.07) is 6.63. The second kappa shape index (κ2) is 5.48. The van der Waals surface area contributed by atoms with Gasteiger partial charge in [-0.3, -0.25) is 0 Å². The Kier molecular flexibility index (Phi) is 3.67. The highest BCUT2D eigenvalue weighted by Crippen LogP contribution is 2.33. The summed E-state index contributed by atoms with van der Waals surface area (Å²) in [6.07, 6.45) is 0. The van der Waals surface area contributed by atoms with E-state index in [1.54, 1.807) is 12.1 Å². The van der Waals surface area contributed by atoms with Crippen molar-refractivity contribution in [3.8, 4) is 10.9 Å². The standard InChI is InChI=1S/C14H10ClNO4S/c1-7-4-12(18)20-10-5-8(2-3-9(7)10)19-14-16-13(15)11(6-17)21-14/h2-5,17H,6H2,1H3. The fourth-order valence-corrected chi connectivity index (χ4v) is 2.91. The van der Waals surface area contributed by atoms with E-state index in [1.807, 2.05) is 13.0 Å². The van der Waals surface area contributed by atoms with Crippen LogP contribution < -0.4 is 10.4 Å². The molecule has 2 heterocycles. The molecule has 0 aliphatic carbocycles. The maximum Gasteiger partial charge on any atom is 0.336 e. The molecule has 5 nitrogen and oxygen atoms in total. The van der Waals surface area contributed by atoms with Crippen LogP contribution in [0, 0.1) is 6.92 Å². The van der Waals surface area contributed by atoms with Gasteiger partial charge >= 0.3 is 5.63 Å². The van der Waals surface area contributed by atoms with Crippen LogP contribution in [0.3, 0.4) is 0 Å². The number of benzene rings is 1. The Morgan fingerprint density at radius 2 is 2.24 bits per heavy atom. The second-order valence-electron chi connectivity index (χ2n) is 4.36. The van der Waals surface area contributed by atoms with Crippen molar-refractivity contribution in [3.63, 3.8) is 0 Å². The number of halogens is 1. The van der Waals surface area contributed by atoms with Crippen molar-refractivity contribution in [1.29, 1.82) is 0 Å². The first-order chi connectivity index (χ1) is 10.1. The van der Waals surface area contributed by atoms with Crippen molar-refractivity contribution in [1.82, 2.24) is 4.98 Å². The van der Waals surface area contributed by atoms with Gasteiger partial charge in [-0.2, -0.15) is 4.98 Å². The van der Waals surface area contributed by atoms with Gasteiger partial charge < -0.3 is 14.3 Å². The van der Waals surface area contributed by atoms with Crippen molar-refractivity contribution >= 4 is 33.9 Å². The summed E-state index contributed by atoms with van der Waals surface area (Å²) in [5, 5.41) is 10.5. The van der Waals surface area contributed by atoms with E-state index in [4.69, 9.17) is 25.9 Å². The Hall–Kier alpha value is -1.89. The lowest BCUT2D eigenvalue weighted by Gasteiger charge is -2.04. The van der Waals surface area contributed by atoms with Crippen LogP contribution in [0.2, 0.25) is 5.15 Å². The summed E-state index contributed by atoms with van der Waals surface area (Å²) in [4.78, 5) is 15.9. The summed E-state index contributed by atoms with van der Waals surface area (Å²) in [6.45, 7) is 1.65. The number of thiazole rings is 1. The normalized spacial score (nSPS) is 11.0. The van der Waals surface area contributed by atoms with Gasteiger partial charge in [0.1, 0.15) is 16.5 Å². The average Bonchev–Trinajstić information content (AvgIpc) is 2.78. The van der Waals surface area contributed by atoms with Gasteiger partial charge in [-0.05, 0) is 24.6 Å². The number of hydrogen-bond acceptors (Lipinski definition) is 6. The quantitative estimate of drug-likeness (QED) is 0.747. The molecule has 108 valence electrons. The van der Waals surface area contributed by atoms with E-state index in [0.29, 0.717) is 21.4 Å². The van der Waals surface area contributed by atoms with Crippen LogP contribution >= 0.6 is 22.9 Å². The van der Waals surface area contributed by atoms with Crippen molar-refractivity contribution in [2.45, 2.75) is 13.5 Å². The smallest absolute Gasteiger partial charge is 0.336 e. The third kappa shape index (κ3) is 2.78. The Morgan fingerprint density at radius 1 is 1.43 bits per heavy atom. The Balaban J connectivity index is 1.99. The van der Waals surface area contributed by atoms with Crippen molar-refractivity contribution in [3.05, 3.63) is 50.3 Å². The van der Waals surface area contributed by atoms with Crippen LogP contribution in [-0.2, 0) is 6.61 Å². The maximum absolute atomic E-state index is 11.4. The van der Waals surface area contributed by atoms with Gasteiger partial charge in [-0.15, -0.1) is 0 Å². The van der Waals surface area contributed by atoms with Gasteiger partial charge in [-0.1, -0.05) is 22.9 Å². The molecule has 0 amide bonds.